The van der Waals surface area contributed by atoms with Gasteiger partial charge in [0.15, 0.2) is 5.11 Å². The first kappa shape index (κ1) is 22.8. The Balaban J connectivity index is 1.48. The molecule has 34 heavy (non-hydrogen) atoms. The summed E-state index contributed by atoms with van der Waals surface area (Å²) in [7, 11) is 4.12. The molecule has 1 N–H and O–H groups in total. The molecule has 2 fully saturated rings. The van der Waals surface area contributed by atoms with Gasteiger partial charge in [0.1, 0.15) is 0 Å². The molecule has 2 atom stereocenters. The van der Waals surface area contributed by atoms with E-state index in [4.69, 9.17) is 17.0 Å². The number of nitrogens with zero attached hydrogens (tertiary/aromatic N) is 5. The minimum absolute atomic E-state index is 0.0203. The van der Waals surface area contributed by atoms with E-state index < -0.39 is 0 Å². The number of benzene rings is 1. The molecule has 0 unspecified atom stereocenters. The number of nitrogens with one attached hydrogen (secondary N) is 1. The Bertz CT molecular complexity index is 1090. The van der Waals surface area contributed by atoms with Gasteiger partial charge in [0, 0.05) is 69.7 Å². The summed E-state index contributed by atoms with van der Waals surface area (Å²) in [6, 6.07) is 19.1. The van der Waals surface area contributed by atoms with Crippen molar-refractivity contribution in [2.24, 2.45) is 0 Å². The topological polar surface area (TPSA) is 48.8 Å². The van der Waals surface area contributed by atoms with Crippen LogP contribution < -0.4 is 10.2 Å². The first-order chi connectivity index (χ1) is 16.6. The van der Waals surface area contributed by atoms with Crippen molar-refractivity contribution in [3.63, 3.8) is 0 Å². The fraction of sp³-hybridized carbons (Fsp3) is 0.385. The Kier molecular flexibility index (Phi) is 6.80. The second-order valence-electron chi connectivity index (χ2n) is 8.99. The van der Waals surface area contributed by atoms with Gasteiger partial charge >= 0.3 is 0 Å². The molecule has 8 heteroatoms. The van der Waals surface area contributed by atoms with Gasteiger partial charge in [-0.1, -0.05) is 6.07 Å². The van der Waals surface area contributed by atoms with Crippen LogP contribution in [0.4, 0.5) is 5.69 Å². The van der Waals surface area contributed by atoms with Crippen molar-refractivity contribution < 1.29 is 4.74 Å². The lowest BCUT2D eigenvalue weighted by molar-refractivity contribution is 0.0349. The molecule has 2 aliphatic rings. The molecule has 0 spiro atoms. The molecule has 7 nitrogen and oxygen atoms in total. The molecule has 0 radical (unpaired) electrons. The first-order valence-electron chi connectivity index (χ1n) is 11.8. The summed E-state index contributed by atoms with van der Waals surface area (Å²) >= 11 is 5.87. The molecule has 2 aliphatic heterocycles. The van der Waals surface area contributed by atoms with Crippen molar-refractivity contribution in [3.05, 3.63) is 78.4 Å². The van der Waals surface area contributed by atoms with Crippen LogP contribution in [0.5, 0.6) is 0 Å². The molecule has 0 amide bonds. The number of anilines is 1. The van der Waals surface area contributed by atoms with Crippen molar-refractivity contribution in [1.82, 2.24) is 24.7 Å². The van der Waals surface area contributed by atoms with E-state index in [1.807, 2.05) is 18.3 Å². The number of hydrogen-bond acceptors (Lipinski definition) is 5. The molecule has 0 aliphatic carbocycles. The third-order valence-electron chi connectivity index (χ3n) is 6.69. The van der Waals surface area contributed by atoms with Crippen LogP contribution in [0, 0.1) is 0 Å². The highest BCUT2D eigenvalue weighted by molar-refractivity contribution is 7.80. The number of pyridine rings is 1. The van der Waals surface area contributed by atoms with Gasteiger partial charge in [0.05, 0.1) is 31.0 Å². The Morgan fingerprint density at radius 1 is 1.03 bits per heavy atom. The van der Waals surface area contributed by atoms with Gasteiger partial charge in [-0.05, 0) is 60.7 Å². The average Bonchev–Trinajstić information content (AvgIpc) is 3.48. The molecular formula is C26H32N6OS. The third kappa shape index (κ3) is 4.66. The van der Waals surface area contributed by atoms with E-state index in [9.17, 15) is 0 Å². The third-order valence-corrected chi connectivity index (χ3v) is 7.04. The Morgan fingerprint density at radius 3 is 2.53 bits per heavy atom. The Morgan fingerprint density at radius 2 is 1.82 bits per heavy atom. The molecule has 2 aromatic heterocycles. The molecule has 0 saturated carbocycles. The van der Waals surface area contributed by atoms with Crippen LogP contribution in [-0.4, -0.2) is 78.0 Å². The number of morpholine rings is 1. The normalized spacial score (nSPS) is 21.0. The van der Waals surface area contributed by atoms with Crippen LogP contribution in [0.3, 0.4) is 0 Å². The molecule has 5 rings (SSSR count). The molecule has 1 aromatic carbocycles. The van der Waals surface area contributed by atoms with Crippen molar-refractivity contribution in [2.75, 3.05) is 58.4 Å². The Labute approximate surface area is 206 Å². The van der Waals surface area contributed by atoms with Crippen LogP contribution >= 0.6 is 12.2 Å². The standard InChI is InChI=1S/C26H32N6OS/c1-29(2)20-8-10-21(11-9-20)31-13-5-7-23(31)25-24(22-6-3-4-12-27-22)28-26(34)32(25)15-14-30-16-18-33-19-17-30/h3-13,24-25H,14-19H2,1-2H3,(H,28,34)/t24-,25-/m0/s1. The van der Waals surface area contributed by atoms with E-state index >= 15 is 0 Å². The van der Waals surface area contributed by atoms with E-state index in [0.717, 1.165) is 55.9 Å². The number of rotatable bonds is 7. The lowest BCUT2D eigenvalue weighted by atomic mass is 10.0. The van der Waals surface area contributed by atoms with Crippen LogP contribution in [0.1, 0.15) is 23.5 Å². The number of aromatic nitrogens is 2. The summed E-state index contributed by atoms with van der Waals surface area (Å²) in [6.07, 6.45) is 3.99. The monoisotopic (exact) mass is 476 g/mol. The van der Waals surface area contributed by atoms with Crippen molar-refractivity contribution in [2.45, 2.75) is 12.1 Å². The molecular weight excluding hydrogens is 444 g/mol. The highest BCUT2D eigenvalue weighted by atomic mass is 32.1. The van der Waals surface area contributed by atoms with E-state index in [2.05, 4.69) is 92.3 Å². The molecule has 178 valence electrons. The van der Waals surface area contributed by atoms with Crippen LogP contribution in [0.15, 0.2) is 67.0 Å². The minimum Gasteiger partial charge on any atom is -0.379 e. The summed E-state index contributed by atoms with van der Waals surface area (Å²) in [4.78, 5) is 11.6. The van der Waals surface area contributed by atoms with Crippen LogP contribution in [-0.2, 0) is 4.74 Å². The van der Waals surface area contributed by atoms with Crippen LogP contribution in [0.2, 0.25) is 0 Å². The second-order valence-corrected chi connectivity index (χ2v) is 9.37. The van der Waals surface area contributed by atoms with E-state index in [1.165, 1.54) is 11.4 Å². The SMILES string of the molecule is CN(C)c1ccc(-n2cccc2[C@H]2[C@H](c3ccccn3)NC(=S)N2CCN2CCOCC2)cc1. The predicted octanol–water partition coefficient (Wildman–Crippen LogP) is 3.24. The largest absolute Gasteiger partial charge is 0.379 e. The fourth-order valence-electron chi connectivity index (χ4n) is 4.82. The summed E-state index contributed by atoms with van der Waals surface area (Å²) in [5, 5.41) is 4.36. The first-order valence-corrected chi connectivity index (χ1v) is 12.3. The lowest BCUT2D eigenvalue weighted by Crippen LogP contribution is -2.42. The smallest absolute Gasteiger partial charge is 0.170 e. The highest BCUT2D eigenvalue weighted by Crippen LogP contribution is 2.39. The summed E-state index contributed by atoms with van der Waals surface area (Å²) < 4.78 is 7.80. The summed E-state index contributed by atoms with van der Waals surface area (Å²) in [5.74, 6) is 0. The fourth-order valence-corrected chi connectivity index (χ4v) is 5.16. The number of thiocarbonyl (C=S) groups is 1. The van der Waals surface area contributed by atoms with E-state index in [-0.39, 0.29) is 12.1 Å². The number of hydrogen-bond donors (Lipinski definition) is 1. The lowest BCUT2D eigenvalue weighted by Gasteiger charge is -2.32. The van der Waals surface area contributed by atoms with Gasteiger partial charge in [-0.25, -0.2) is 0 Å². The van der Waals surface area contributed by atoms with Crippen molar-refractivity contribution in [1.29, 1.82) is 0 Å². The maximum Gasteiger partial charge on any atom is 0.170 e. The zero-order valence-corrected chi connectivity index (χ0v) is 20.6. The molecule has 2 saturated heterocycles. The maximum absolute atomic E-state index is 5.87. The van der Waals surface area contributed by atoms with E-state index in [1.54, 1.807) is 0 Å². The van der Waals surface area contributed by atoms with Crippen molar-refractivity contribution >= 4 is 23.0 Å². The van der Waals surface area contributed by atoms with Gasteiger partial charge in [-0.3, -0.25) is 9.88 Å². The van der Waals surface area contributed by atoms with E-state index in [0.29, 0.717) is 0 Å². The average molecular weight is 477 g/mol. The second kappa shape index (κ2) is 10.1. The zero-order valence-electron chi connectivity index (χ0n) is 19.8. The molecule has 0 bridgehead atoms. The Hall–Kier alpha value is -2.94. The molecule has 3 aromatic rings. The van der Waals surface area contributed by atoms with Crippen molar-refractivity contribution in [3.8, 4) is 5.69 Å². The number of ether oxygens (including phenoxy) is 1. The molecule has 4 heterocycles. The van der Waals surface area contributed by atoms with Gasteiger partial charge < -0.3 is 24.4 Å². The maximum atomic E-state index is 5.87. The van der Waals surface area contributed by atoms with Gasteiger partial charge in [0.2, 0.25) is 0 Å². The van der Waals surface area contributed by atoms with Gasteiger partial charge in [-0.15, -0.1) is 0 Å². The minimum atomic E-state index is -0.0203. The zero-order chi connectivity index (χ0) is 23.5. The summed E-state index contributed by atoms with van der Waals surface area (Å²) in [5.41, 5.74) is 4.51. The summed E-state index contributed by atoms with van der Waals surface area (Å²) in [6.45, 7) is 5.34. The van der Waals surface area contributed by atoms with Crippen LogP contribution in [0.25, 0.3) is 5.69 Å². The van der Waals surface area contributed by atoms with Gasteiger partial charge in [0.25, 0.3) is 0 Å². The predicted molar refractivity (Wildman–Crippen MR) is 140 cm³/mol. The highest BCUT2D eigenvalue weighted by Gasteiger charge is 2.41. The van der Waals surface area contributed by atoms with Gasteiger partial charge in [-0.2, -0.15) is 0 Å². The quantitative estimate of drug-likeness (QED) is 0.526.